The summed E-state index contributed by atoms with van der Waals surface area (Å²) >= 11 is 0.589. The summed E-state index contributed by atoms with van der Waals surface area (Å²) in [5.74, 6) is 2.17. The maximum absolute atomic E-state index is 3.13. The Bertz CT molecular complexity index is 255. The first kappa shape index (κ1) is 8.36. The summed E-state index contributed by atoms with van der Waals surface area (Å²) in [6.45, 7) is 0. The van der Waals surface area contributed by atoms with Gasteiger partial charge in [-0.05, 0) is 0 Å². The molecule has 0 aromatic heterocycles. The van der Waals surface area contributed by atoms with Gasteiger partial charge in [-0.3, -0.25) is 0 Å². The van der Waals surface area contributed by atoms with E-state index in [1.54, 1.807) is 0 Å². The summed E-state index contributed by atoms with van der Waals surface area (Å²) < 4.78 is 0. The summed E-state index contributed by atoms with van der Waals surface area (Å²) in [7, 11) is 0. The van der Waals surface area contributed by atoms with Gasteiger partial charge in [-0.2, -0.15) is 0 Å². The van der Waals surface area contributed by atoms with E-state index in [1.807, 2.05) is 24.3 Å². The zero-order chi connectivity index (χ0) is 7.94. The van der Waals surface area contributed by atoms with Crippen molar-refractivity contribution in [1.82, 2.24) is 0 Å². The monoisotopic (exact) mass is 210 g/mol. The van der Waals surface area contributed by atoms with Gasteiger partial charge in [0.15, 0.2) is 0 Å². The Balaban J connectivity index is 2.72. The van der Waals surface area contributed by atoms with E-state index in [4.69, 9.17) is 0 Å². The standard InChI is InChI=1S/C10H10Se/c1-11-9-5-8-10-6-3-2-4-7-10/h2-4,6-9H,1H3. The van der Waals surface area contributed by atoms with E-state index < -0.39 is 0 Å². The number of rotatable bonds is 2. The van der Waals surface area contributed by atoms with Crippen LogP contribution in [0.3, 0.4) is 0 Å². The Morgan fingerprint density at radius 1 is 1.27 bits per heavy atom. The van der Waals surface area contributed by atoms with Crippen LogP contribution in [0.25, 0.3) is 6.08 Å². The quantitative estimate of drug-likeness (QED) is 0.518. The van der Waals surface area contributed by atoms with E-state index >= 15 is 0 Å². The molecule has 0 fully saturated rings. The molecule has 0 unspecified atom stereocenters. The molecule has 1 aromatic rings. The fraction of sp³-hybridized carbons (Fsp3) is 0.100. The van der Waals surface area contributed by atoms with Crippen molar-refractivity contribution >= 4 is 21.0 Å². The van der Waals surface area contributed by atoms with Crippen molar-refractivity contribution in [2.45, 2.75) is 5.82 Å². The van der Waals surface area contributed by atoms with Crippen LogP contribution in [0.5, 0.6) is 0 Å². The molecule has 0 amide bonds. The topological polar surface area (TPSA) is 0 Å². The van der Waals surface area contributed by atoms with E-state index in [0.717, 1.165) is 0 Å². The first-order chi connectivity index (χ1) is 5.43. The minimum absolute atomic E-state index is 0.589. The first-order valence-corrected chi connectivity index (χ1v) is 6.12. The number of hydrogen-bond acceptors (Lipinski definition) is 0. The van der Waals surface area contributed by atoms with Crippen molar-refractivity contribution in [2.75, 3.05) is 0 Å². The third kappa shape index (κ3) is 3.25. The van der Waals surface area contributed by atoms with Gasteiger partial charge >= 0.3 is 73.5 Å². The van der Waals surface area contributed by atoms with E-state index in [0.29, 0.717) is 15.0 Å². The van der Waals surface area contributed by atoms with Crippen molar-refractivity contribution in [3.8, 4) is 0 Å². The average molecular weight is 209 g/mol. The van der Waals surface area contributed by atoms with E-state index in [2.05, 4.69) is 28.7 Å². The molecule has 0 heterocycles. The molecule has 0 radical (unpaired) electrons. The molecule has 0 nitrogen and oxygen atoms in total. The SMILES string of the molecule is C[Se]C=C=Cc1ccccc1. The van der Waals surface area contributed by atoms with Gasteiger partial charge in [0.1, 0.15) is 0 Å². The normalized spacial score (nSPS) is 8.45. The van der Waals surface area contributed by atoms with Crippen molar-refractivity contribution in [3.63, 3.8) is 0 Å². The molecule has 0 atom stereocenters. The van der Waals surface area contributed by atoms with Crippen LogP contribution in [-0.4, -0.2) is 15.0 Å². The second kappa shape index (κ2) is 4.98. The molecule has 0 saturated carbocycles. The molecule has 1 heteroatoms. The summed E-state index contributed by atoms with van der Waals surface area (Å²) in [5.41, 5.74) is 4.34. The molecule has 0 aliphatic heterocycles. The molecule has 56 valence electrons. The van der Waals surface area contributed by atoms with Crippen LogP contribution in [0, 0.1) is 0 Å². The molecule has 0 bridgehead atoms. The Morgan fingerprint density at radius 3 is 2.64 bits per heavy atom. The molecule has 1 rings (SSSR count). The van der Waals surface area contributed by atoms with Gasteiger partial charge in [-0.1, -0.05) is 0 Å². The molecule has 0 N–H and O–H groups in total. The van der Waals surface area contributed by atoms with E-state index in [9.17, 15) is 0 Å². The molecular weight excluding hydrogens is 199 g/mol. The average Bonchev–Trinajstić information content (AvgIpc) is 2.07. The maximum atomic E-state index is 3.13. The van der Waals surface area contributed by atoms with Gasteiger partial charge in [0.05, 0.1) is 0 Å². The zero-order valence-corrected chi connectivity index (χ0v) is 8.16. The molecule has 0 aliphatic carbocycles. The van der Waals surface area contributed by atoms with E-state index in [1.165, 1.54) is 5.56 Å². The minimum atomic E-state index is 0.589. The number of hydrogen-bond donors (Lipinski definition) is 0. The van der Waals surface area contributed by atoms with Crippen molar-refractivity contribution in [1.29, 1.82) is 0 Å². The van der Waals surface area contributed by atoms with Gasteiger partial charge in [0.2, 0.25) is 0 Å². The molecule has 0 spiro atoms. The van der Waals surface area contributed by atoms with Gasteiger partial charge in [-0.25, -0.2) is 0 Å². The first-order valence-electron chi connectivity index (χ1n) is 3.42. The van der Waals surface area contributed by atoms with Gasteiger partial charge < -0.3 is 0 Å². The predicted molar refractivity (Wildman–Crippen MR) is 50.6 cm³/mol. The Hall–Kier alpha value is -0.741. The van der Waals surface area contributed by atoms with Crippen molar-refractivity contribution < 1.29 is 0 Å². The van der Waals surface area contributed by atoms with Crippen LogP contribution in [0.4, 0.5) is 0 Å². The van der Waals surface area contributed by atoms with Crippen LogP contribution in [0.2, 0.25) is 5.82 Å². The Morgan fingerprint density at radius 2 is 2.00 bits per heavy atom. The molecule has 0 aliphatic rings. The van der Waals surface area contributed by atoms with Crippen LogP contribution >= 0.6 is 0 Å². The Labute approximate surface area is 73.8 Å². The third-order valence-corrected chi connectivity index (χ3v) is 2.02. The zero-order valence-electron chi connectivity index (χ0n) is 6.45. The van der Waals surface area contributed by atoms with Crippen LogP contribution in [0.15, 0.2) is 41.0 Å². The second-order valence-corrected chi connectivity index (χ2v) is 3.56. The van der Waals surface area contributed by atoms with Crippen molar-refractivity contribution in [3.05, 3.63) is 46.6 Å². The molecule has 11 heavy (non-hydrogen) atoms. The summed E-state index contributed by atoms with van der Waals surface area (Å²) in [6.07, 6.45) is 2.01. The van der Waals surface area contributed by atoms with E-state index in [-0.39, 0.29) is 0 Å². The Kier molecular flexibility index (Phi) is 3.79. The second-order valence-electron chi connectivity index (χ2n) is 2.08. The van der Waals surface area contributed by atoms with Gasteiger partial charge in [0, 0.05) is 0 Å². The van der Waals surface area contributed by atoms with Crippen LogP contribution in [0.1, 0.15) is 5.56 Å². The molecule has 1 aromatic carbocycles. The fourth-order valence-electron chi connectivity index (χ4n) is 0.748. The third-order valence-electron chi connectivity index (χ3n) is 1.24. The number of benzene rings is 1. The summed E-state index contributed by atoms with van der Waals surface area (Å²) in [4.78, 5) is 2.08. The van der Waals surface area contributed by atoms with Crippen LogP contribution < -0.4 is 0 Å². The van der Waals surface area contributed by atoms with Gasteiger partial charge in [-0.15, -0.1) is 0 Å². The molecule has 0 saturated heterocycles. The van der Waals surface area contributed by atoms with Gasteiger partial charge in [0.25, 0.3) is 0 Å². The summed E-state index contributed by atoms with van der Waals surface area (Å²) in [5, 5.41) is 0. The predicted octanol–water partition coefficient (Wildman–Crippen LogP) is 2.56. The van der Waals surface area contributed by atoms with Crippen LogP contribution in [-0.2, 0) is 0 Å². The fourth-order valence-corrected chi connectivity index (χ4v) is 1.18. The van der Waals surface area contributed by atoms with Crippen molar-refractivity contribution in [2.24, 2.45) is 0 Å². The molecular formula is C10H10Se. The summed E-state index contributed by atoms with van der Waals surface area (Å²) in [6, 6.07) is 10.2.